The number of carbonyl (C=O) groups excluding carboxylic acids is 1. The van der Waals surface area contributed by atoms with Crippen LogP contribution in [0.3, 0.4) is 0 Å². The predicted octanol–water partition coefficient (Wildman–Crippen LogP) is 0.796. The number of nitrogens with zero attached hydrogens (tertiary/aromatic N) is 3. The molecule has 0 saturated heterocycles. The average molecular weight is 237 g/mol. The number of aliphatic hydroxyl groups is 1. The number of amides is 1. The lowest BCUT2D eigenvalue weighted by Gasteiger charge is -2.35. The van der Waals surface area contributed by atoms with Crippen molar-refractivity contribution in [2.75, 3.05) is 7.05 Å². The highest BCUT2D eigenvalue weighted by atomic mass is 16.3. The van der Waals surface area contributed by atoms with Gasteiger partial charge < -0.3 is 10.0 Å². The molecule has 1 N–H and O–H groups in total. The minimum atomic E-state index is -0.394. The lowest BCUT2D eigenvalue weighted by atomic mass is 9.91. The Morgan fingerprint density at radius 3 is 2.82 bits per heavy atom. The first-order valence-electron chi connectivity index (χ1n) is 6.03. The van der Waals surface area contributed by atoms with Gasteiger partial charge in [-0.15, -0.1) is 0 Å². The second kappa shape index (κ2) is 4.87. The third kappa shape index (κ3) is 2.49. The maximum atomic E-state index is 12.2. The van der Waals surface area contributed by atoms with E-state index in [9.17, 15) is 9.90 Å². The van der Waals surface area contributed by atoms with Crippen molar-refractivity contribution in [3.63, 3.8) is 0 Å². The fourth-order valence-electron chi connectivity index (χ4n) is 2.43. The lowest BCUT2D eigenvalue weighted by Crippen LogP contribution is -2.46. The summed E-state index contributed by atoms with van der Waals surface area (Å²) in [7, 11) is 3.54. The zero-order valence-electron chi connectivity index (χ0n) is 10.3. The van der Waals surface area contributed by atoms with E-state index < -0.39 is 6.10 Å². The molecule has 1 aromatic heterocycles. The predicted molar refractivity (Wildman–Crippen MR) is 63.6 cm³/mol. The van der Waals surface area contributed by atoms with Gasteiger partial charge in [-0.3, -0.25) is 9.48 Å². The van der Waals surface area contributed by atoms with E-state index in [0.29, 0.717) is 5.56 Å². The zero-order valence-corrected chi connectivity index (χ0v) is 10.3. The number of rotatable bonds is 2. The topological polar surface area (TPSA) is 58.4 Å². The van der Waals surface area contributed by atoms with Gasteiger partial charge in [0.05, 0.1) is 23.9 Å². The molecule has 17 heavy (non-hydrogen) atoms. The van der Waals surface area contributed by atoms with Crippen LogP contribution in [0.25, 0.3) is 0 Å². The van der Waals surface area contributed by atoms with Crippen LogP contribution in [0.1, 0.15) is 36.0 Å². The molecule has 1 fully saturated rings. The number of aromatic nitrogens is 2. The van der Waals surface area contributed by atoms with Crippen LogP contribution in [0, 0.1) is 0 Å². The summed E-state index contributed by atoms with van der Waals surface area (Å²) in [5.41, 5.74) is 0.577. The quantitative estimate of drug-likeness (QED) is 0.827. The van der Waals surface area contributed by atoms with E-state index in [1.807, 2.05) is 0 Å². The summed E-state index contributed by atoms with van der Waals surface area (Å²) in [5.74, 6) is -0.0657. The van der Waals surface area contributed by atoms with Crippen molar-refractivity contribution in [2.24, 2.45) is 7.05 Å². The highest BCUT2D eigenvalue weighted by Gasteiger charge is 2.30. The number of hydrogen-bond donors (Lipinski definition) is 1. The molecule has 2 atom stereocenters. The minimum Gasteiger partial charge on any atom is -0.391 e. The molecule has 1 aromatic rings. The summed E-state index contributed by atoms with van der Waals surface area (Å²) in [6.45, 7) is 0. The molecule has 0 radical (unpaired) electrons. The van der Waals surface area contributed by atoms with Crippen LogP contribution in [0.2, 0.25) is 0 Å². The van der Waals surface area contributed by atoms with Gasteiger partial charge in [0.2, 0.25) is 0 Å². The van der Waals surface area contributed by atoms with E-state index in [4.69, 9.17) is 0 Å². The molecule has 0 bridgehead atoms. The smallest absolute Gasteiger partial charge is 0.257 e. The number of aliphatic hydroxyl groups excluding tert-OH is 1. The molecule has 94 valence electrons. The van der Waals surface area contributed by atoms with E-state index in [1.165, 1.54) is 0 Å². The van der Waals surface area contributed by atoms with E-state index in [1.54, 1.807) is 36.1 Å². The Bertz CT molecular complexity index is 402. The molecule has 1 saturated carbocycles. The number of aryl methyl sites for hydroxylation is 1. The van der Waals surface area contributed by atoms with Crippen LogP contribution in [-0.4, -0.2) is 44.9 Å². The molecule has 5 heteroatoms. The van der Waals surface area contributed by atoms with Crippen molar-refractivity contribution >= 4 is 5.91 Å². The van der Waals surface area contributed by atoms with Crippen LogP contribution in [0.15, 0.2) is 12.4 Å². The molecule has 1 heterocycles. The van der Waals surface area contributed by atoms with Gasteiger partial charge in [0.15, 0.2) is 0 Å². The van der Waals surface area contributed by atoms with E-state index in [2.05, 4.69) is 5.10 Å². The fraction of sp³-hybridized carbons (Fsp3) is 0.667. The van der Waals surface area contributed by atoms with Crippen LogP contribution in [-0.2, 0) is 7.05 Å². The molecule has 1 amide bonds. The standard InChI is InChI=1S/C12H19N3O2/c1-14-8-9(7-13-14)12(17)15(2)10-5-3-4-6-11(10)16/h7-8,10-11,16H,3-6H2,1-2H3. The molecule has 0 aliphatic heterocycles. The first-order valence-corrected chi connectivity index (χ1v) is 6.03. The Morgan fingerprint density at radius 1 is 1.53 bits per heavy atom. The van der Waals surface area contributed by atoms with Gasteiger partial charge in [-0.05, 0) is 12.8 Å². The van der Waals surface area contributed by atoms with Gasteiger partial charge in [-0.1, -0.05) is 12.8 Å². The molecule has 5 nitrogen and oxygen atoms in total. The molecule has 0 aromatic carbocycles. The number of carbonyl (C=O) groups is 1. The highest BCUT2D eigenvalue weighted by molar-refractivity contribution is 5.93. The van der Waals surface area contributed by atoms with Crippen LogP contribution in [0.4, 0.5) is 0 Å². The van der Waals surface area contributed by atoms with Crippen LogP contribution in [0.5, 0.6) is 0 Å². The second-order valence-electron chi connectivity index (χ2n) is 4.74. The molecule has 1 aliphatic carbocycles. The summed E-state index contributed by atoms with van der Waals surface area (Å²) in [4.78, 5) is 13.8. The average Bonchev–Trinajstić information content (AvgIpc) is 2.75. The summed E-state index contributed by atoms with van der Waals surface area (Å²) < 4.78 is 1.61. The Balaban J connectivity index is 2.08. The number of hydrogen-bond acceptors (Lipinski definition) is 3. The van der Waals surface area contributed by atoms with Gasteiger partial charge in [0, 0.05) is 20.3 Å². The maximum absolute atomic E-state index is 12.2. The highest BCUT2D eigenvalue weighted by Crippen LogP contribution is 2.23. The first-order chi connectivity index (χ1) is 8.09. The van der Waals surface area contributed by atoms with Crippen molar-refractivity contribution in [3.05, 3.63) is 18.0 Å². The van der Waals surface area contributed by atoms with Crippen LogP contribution < -0.4 is 0 Å². The van der Waals surface area contributed by atoms with E-state index in [0.717, 1.165) is 25.7 Å². The summed E-state index contributed by atoms with van der Waals surface area (Å²) in [6.07, 6.45) is 6.66. The van der Waals surface area contributed by atoms with Crippen molar-refractivity contribution in [1.29, 1.82) is 0 Å². The Labute approximate surface area is 101 Å². The summed E-state index contributed by atoms with van der Waals surface area (Å²) in [5, 5.41) is 13.9. The maximum Gasteiger partial charge on any atom is 0.257 e. The monoisotopic (exact) mass is 237 g/mol. The fourth-order valence-corrected chi connectivity index (χ4v) is 2.43. The van der Waals surface area contributed by atoms with E-state index >= 15 is 0 Å². The lowest BCUT2D eigenvalue weighted by molar-refractivity contribution is 0.0268. The Kier molecular flexibility index (Phi) is 3.47. The summed E-state index contributed by atoms with van der Waals surface area (Å²) >= 11 is 0. The third-order valence-corrected chi connectivity index (χ3v) is 3.46. The SMILES string of the molecule is CN(C(=O)c1cnn(C)c1)C1CCCCC1O. The van der Waals surface area contributed by atoms with Gasteiger partial charge in [-0.25, -0.2) is 0 Å². The van der Waals surface area contributed by atoms with Crippen molar-refractivity contribution < 1.29 is 9.90 Å². The van der Waals surface area contributed by atoms with Crippen molar-refractivity contribution in [3.8, 4) is 0 Å². The Hall–Kier alpha value is -1.36. The van der Waals surface area contributed by atoms with E-state index in [-0.39, 0.29) is 11.9 Å². The second-order valence-corrected chi connectivity index (χ2v) is 4.74. The van der Waals surface area contributed by atoms with Crippen molar-refractivity contribution in [1.82, 2.24) is 14.7 Å². The largest absolute Gasteiger partial charge is 0.391 e. The van der Waals surface area contributed by atoms with Crippen LogP contribution >= 0.6 is 0 Å². The van der Waals surface area contributed by atoms with Gasteiger partial charge in [0.25, 0.3) is 5.91 Å². The Morgan fingerprint density at radius 2 is 2.24 bits per heavy atom. The molecule has 2 rings (SSSR count). The molecular weight excluding hydrogens is 218 g/mol. The third-order valence-electron chi connectivity index (χ3n) is 3.46. The zero-order chi connectivity index (χ0) is 12.4. The molecular formula is C12H19N3O2. The summed E-state index contributed by atoms with van der Waals surface area (Å²) in [6, 6.07) is -0.0588. The van der Waals surface area contributed by atoms with Gasteiger partial charge in [0.1, 0.15) is 0 Å². The first kappa shape index (κ1) is 12.1. The van der Waals surface area contributed by atoms with Crippen molar-refractivity contribution in [2.45, 2.75) is 37.8 Å². The number of likely N-dealkylation sites (N-methyl/N-ethyl adjacent to an activating group) is 1. The minimum absolute atomic E-state index is 0.0588. The normalized spacial score (nSPS) is 24.6. The van der Waals surface area contributed by atoms with Gasteiger partial charge in [-0.2, -0.15) is 5.10 Å². The molecule has 0 spiro atoms. The molecule has 2 unspecified atom stereocenters. The molecule has 1 aliphatic rings. The van der Waals surface area contributed by atoms with Gasteiger partial charge >= 0.3 is 0 Å².